The van der Waals surface area contributed by atoms with Gasteiger partial charge in [0.15, 0.2) is 9.99 Å². The first kappa shape index (κ1) is 14.2. The van der Waals surface area contributed by atoms with Crippen molar-refractivity contribution in [2.75, 3.05) is 12.9 Å². The Kier molecular flexibility index (Phi) is 3.98. The Balaban J connectivity index is 2.23. The minimum absolute atomic E-state index is 0.322. The lowest BCUT2D eigenvalue weighted by atomic mass is 10.3. The van der Waals surface area contributed by atoms with Crippen LogP contribution in [0.2, 0.25) is 0 Å². The number of ether oxygens (including phenoxy) is 1. The molecule has 0 fully saturated rings. The molecular formula is C15H14N2O2S2. The number of hydrogen-bond acceptors (Lipinski definition) is 5. The molecule has 4 nitrogen and oxygen atoms in total. The molecule has 0 atom stereocenters. The average molecular weight is 318 g/mol. The minimum atomic E-state index is -0.322. The van der Waals surface area contributed by atoms with Crippen molar-refractivity contribution in [2.24, 2.45) is 0 Å². The number of para-hydroxylation sites is 1. The van der Waals surface area contributed by atoms with Gasteiger partial charge in [-0.15, -0.1) is 11.3 Å². The monoisotopic (exact) mass is 318 g/mol. The maximum absolute atomic E-state index is 12.2. The molecule has 108 valence electrons. The standard InChI is InChI=1S/C15H14N2O2S2/c1-3-19-14(18)11-9-12-13(16-15(20-2)21-12)17(11)10-7-5-4-6-8-10/h4-9H,3H2,1-2H3. The number of thiazole rings is 1. The van der Waals surface area contributed by atoms with Crippen molar-refractivity contribution in [1.29, 1.82) is 0 Å². The van der Waals surface area contributed by atoms with Gasteiger partial charge in [0.1, 0.15) is 5.69 Å². The van der Waals surface area contributed by atoms with Crippen LogP contribution in [0.4, 0.5) is 0 Å². The molecule has 0 radical (unpaired) electrons. The van der Waals surface area contributed by atoms with Crippen LogP contribution in [0.5, 0.6) is 0 Å². The molecule has 0 aliphatic carbocycles. The number of esters is 1. The van der Waals surface area contributed by atoms with Crippen LogP contribution >= 0.6 is 23.1 Å². The Morgan fingerprint density at radius 1 is 1.38 bits per heavy atom. The summed E-state index contributed by atoms with van der Waals surface area (Å²) in [5.41, 5.74) is 2.23. The highest BCUT2D eigenvalue weighted by Crippen LogP contribution is 2.32. The van der Waals surface area contributed by atoms with E-state index < -0.39 is 0 Å². The molecule has 0 bridgehead atoms. The quantitative estimate of drug-likeness (QED) is 0.539. The van der Waals surface area contributed by atoms with Gasteiger partial charge in [0.05, 0.1) is 11.3 Å². The summed E-state index contributed by atoms with van der Waals surface area (Å²) >= 11 is 3.19. The molecule has 2 aromatic heterocycles. The molecule has 2 heterocycles. The first-order chi connectivity index (χ1) is 10.2. The summed E-state index contributed by atoms with van der Waals surface area (Å²) in [6.45, 7) is 2.16. The number of nitrogens with zero attached hydrogens (tertiary/aromatic N) is 2. The van der Waals surface area contributed by atoms with E-state index in [1.165, 1.54) is 0 Å². The number of fused-ring (bicyclic) bond motifs is 1. The van der Waals surface area contributed by atoms with E-state index in [4.69, 9.17) is 4.74 Å². The number of rotatable bonds is 4. The molecule has 0 aliphatic heterocycles. The maximum atomic E-state index is 12.2. The lowest BCUT2D eigenvalue weighted by molar-refractivity contribution is 0.0517. The molecule has 0 unspecified atom stereocenters. The zero-order chi connectivity index (χ0) is 14.8. The topological polar surface area (TPSA) is 44.1 Å². The van der Waals surface area contributed by atoms with Crippen molar-refractivity contribution in [2.45, 2.75) is 11.3 Å². The van der Waals surface area contributed by atoms with Crippen molar-refractivity contribution >= 4 is 39.4 Å². The molecule has 6 heteroatoms. The van der Waals surface area contributed by atoms with Crippen LogP contribution in [0.1, 0.15) is 17.4 Å². The third kappa shape index (κ3) is 2.56. The van der Waals surface area contributed by atoms with E-state index in [0.717, 1.165) is 20.4 Å². The molecule has 0 N–H and O–H groups in total. The summed E-state index contributed by atoms with van der Waals surface area (Å²) in [5, 5.41) is 0. The number of aromatic nitrogens is 2. The molecule has 0 saturated carbocycles. The van der Waals surface area contributed by atoms with Crippen molar-refractivity contribution in [3.05, 3.63) is 42.1 Å². The SMILES string of the molecule is CCOC(=O)c1cc2sc(SC)nc2n1-c1ccccc1. The van der Waals surface area contributed by atoms with Gasteiger partial charge in [-0.05, 0) is 31.4 Å². The zero-order valence-electron chi connectivity index (χ0n) is 11.7. The van der Waals surface area contributed by atoms with Crippen molar-refractivity contribution in [1.82, 2.24) is 9.55 Å². The molecule has 0 saturated heterocycles. The van der Waals surface area contributed by atoms with E-state index in [2.05, 4.69) is 4.98 Å². The first-order valence-electron chi connectivity index (χ1n) is 6.53. The second-order valence-electron chi connectivity index (χ2n) is 4.29. The van der Waals surface area contributed by atoms with Gasteiger partial charge in [-0.2, -0.15) is 0 Å². The first-order valence-corrected chi connectivity index (χ1v) is 8.57. The number of carbonyl (C=O) groups is 1. The predicted molar refractivity (Wildman–Crippen MR) is 86.7 cm³/mol. The summed E-state index contributed by atoms with van der Waals surface area (Å²) in [5.74, 6) is -0.322. The molecule has 0 amide bonds. The van der Waals surface area contributed by atoms with Crippen LogP contribution in [-0.4, -0.2) is 28.4 Å². The highest BCUT2D eigenvalue weighted by atomic mass is 32.2. The Morgan fingerprint density at radius 3 is 2.81 bits per heavy atom. The van der Waals surface area contributed by atoms with E-state index in [1.54, 1.807) is 30.0 Å². The van der Waals surface area contributed by atoms with Crippen LogP contribution in [0.3, 0.4) is 0 Å². The van der Waals surface area contributed by atoms with Crippen molar-refractivity contribution in [3.63, 3.8) is 0 Å². The van der Waals surface area contributed by atoms with Crippen LogP contribution < -0.4 is 0 Å². The van der Waals surface area contributed by atoms with E-state index >= 15 is 0 Å². The largest absolute Gasteiger partial charge is 0.461 e. The fraction of sp³-hybridized carbons (Fsp3) is 0.200. The van der Waals surface area contributed by atoms with Gasteiger partial charge >= 0.3 is 5.97 Å². The highest BCUT2D eigenvalue weighted by molar-refractivity contribution is 8.00. The number of carbonyl (C=O) groups excluding carboxylic acids is 1. The van der Waals surface area contributed by atoms with Gasteiger partial charge in [0, 0.05) is 5.69 Å². The predicted octanol–water partition coefficient (Wildman–Crippen LogP) is 3.99. The van der Waals surface area contributed by atoms with E-state index in [9.17, 15) is 4.79 Å². The van der Waals surface area contributed by atoms with E-state index in [1.807, 2.05) is 47.2 Å². The van der Waals surface area contributed by atoms with E-state index in [0.29, 0.717) is 12.3 Å². The van der Waals surface area contributed by atoms with Crippen LogP contribution in [-0.2, 0) is 4.74 Å². The second kappa shape index (κ2) is 5.91. The molecular weight excluding hydrogens is 304 g/mol. The summed E-state index contributed by atoms with van der Waals surface area (Å²) in [6, 6.07) is 11.6. The molecule has 0 aliphatic rings. The summed E-state index contributed by atoms with van der Waals surface area (Å²) < 4.78 is 9.00. The Morgan fingerprint density at radius 2 is 2.14 bits per heavy atom. The fourth-order valence-corrected chi connectivity index (χ4v) is 3.64. The zero-order valence-corrected chi connectivity index (χ0v) is 13.3. The third-order valence-electron chi connectivity index (χ3n) is 3.01. The molecule has 1 aromatic carbocycles. The fourth-order valence-electron chi connectivity index (χ4n) is 2.14. The second-order valence-corrected chi connectivity index (χ2v) is 6.38. The van der Waals surface area contributed by atoms with Gasteiger partial charge in [-0.25, -0.2) is 9.78 Å². The average Bonchev–Trinajstić information content (AvgIpc) is 3.05. The Bertz CT molecular complexity index is 778. The summed E-state index contributed by atoms with van der Waals surface area (Å²) in [6.07, 6.45) is 2.00. The number of benzene rings is 1. The maximum Gasteiger partial charge on any atom is 0.355 e. The molecule has 3 aromatic rings. The smallest absolute Gasteiger partial charge is 0.355 e. The lowest BCUT2D eigenvalue weighted by Crippen LogP contribution is -2.11. The minimum Gasteiger partial charge on any atom is -0.461 e. The van der Waals surface area contributed by atoms with Gasteiger partial charge in [-0.3, -0.25) is 4.57 Å². The van der Waals surface area contributed by atoms with Gasteiger partial charge in [-0.1, -0.05) is 30.0 Å². The summed E-state index contributed by atoms with van der Waals surface area (Å²) in [7, 11) is 0. The molecule has 21 heavy (non-hydrogen) atoms. The normalized spacial score (nSPS) is 11.0. The molecule has 3 rings (SSSR count). The van der Waals surface area contributed by atoms with Crippen LogP contribution in [0.15, 0.2) is 40.7 Å². The van der Waals surface area contributed by atoms with Gasteiger partial charge in [0.2, 0.25) is 0 Å². The highest BCUT2D eigenvalue weighted by Gasteiger charge is 2.20. The van der Waals surface area contributed by atoms with Gasteiger partial charge < -0.3 is 4.74 Å². The number of thioether (sulfide) groups is 1. The van der Waals surface area contributed by atoms with Crippen molar-refractivity contribution in [3.8, 4) is 5.69 Å². The Hall–Kier alpha value is -1.79. The van der Waals surface area contributed by atoms with Gasteiger partial charge in [0.25, 0.3) is 0 Å². The summed E-state index contributed by atoms with van der Waals surface area (Å²) in [4.78, 5) is 16.8. The van der Waals surface area contributed by atoms with Crippen molar-refractivity contribution < 1.29 is 9.53 Å². The lowest BCUT2D eigenvalue weighted by Gasteiger charge is -2.08. The van der Waals surface area contributed by atoms with E-state index in [-0.39, 0.29) is 5.97 Å². The third-order valence-corrected chi connectivity index (χ3v) is 4.99. The number of hydrogen-bond donors (Lipinski definition) is 0. The van der Waals surface area contributed by atoms with Crippen LogP contribution in [0, 0.1) is 0 Å². The molecule has 0 spiro atoms. The Labute approximate surface area is 130 Å². The van der Waals surface area contributed by atoms with Crippen LogP contribution in [0.25, 0.3) is 16.0 Å².